The molecule has 4 N–H and O–H groups in total. The smallest absolute Gasteiger partial charge is 0.244 e. The molecular formula is C10H18N4O4S. The molecule has 0 saturated carbocycles. The molecule has 1 aliphatic heterocycles. The van der Waals surface area contributed by atoms with Gasteiger partial charge in [0.25, 0.3) is 0 Å². The summed E-state index contributed by atoms with van der Waals surface area (Å²) < 4.78 is 37.5. The molecule has 1 aromatic heterocycles. The Labute approximate surface area is 111 Å². The Morgan fingerprint density at radius 3 is 2.95 bits per heavy atom. The van der Waals surface area contributed by atoms with Gasteiger partial charge in [0.15, 0.2) is 0 Å². The normalized spacial score (nSPS) is 20.6. The topological polar surface area (TPSA) is 119 Å². The van der Waals surface area contributed by atoms with Crippen molar-refractivity contribution < 1.29 is 17.9 Å². The third kappa shape index (κ3) is 3.31. The summed E-state index contributed by atoms with van der Waals surface area (Å²) in [5.74, 6) is 0. The summed E-state index contributed by atoms with van der Waals surface area (Å²) in [7, 11) is -3.65. The fourth-order valence-corrected chi connectivity index (χ4v) is 3.33. The molecule has 108 valence electrons. The second-order valence-corrected chi connectivity index (χ2v) is 5.95. The van der Waals surface area contributed by atoms with Crippen LogP contribution in [0.5, 0.6) is 0 Å². The van der Waals surface area contributed by atoms with Crippen LogP contribution in [0.15, 0.2) is 4.90 Å². The number of aryl methyl sites for hydroxylation is 1. The largest absolute Gasteiger partial charge is 0.376 e. The Hall–Kier alpha value is -1.00. The van der Waals surface area contributed by atoms with Crippen molar-refractivity contribution in [3.8, 4) is 0 Å². The molecule has 1 fully saturated rings. The van der Waals surface area contributed by atoms with Crippen LogP contribution in [-0.2, 0) is 26.0 Å². The Morgan fingerprint density at radius 2 is 2.32 bits per heavy atom. The molecule has 9 heteroatoms. The average Bonchev–Trinajstić information content (AvgIpc) is 2.80. The van der Waals surface area contributed by atoms with Crippen molar-refractivity contribution in [2.75, 3.05) is 26.4 Å². The number of nitrogens with one attached hydrogen (secondary N) is 2. The van der Waals surface area contributed by atoms with E-state index in [1.165, 1.54) is 0 Å². The van der Waals surface area contributed by atoms with Gasteiger partial charge >= 0.3 is 0 Å². The first-order valence-electron chi connectivity index (χ1n) is 5.97. The first-order valence-corrected chi connectivity index (χ1v) is 7.46. The van der Waals surface area contributed by atoms with Crippen LogP contribution in [0.3, 0.4) is 0 Å². The molecule has 0 amide bonds. The zero-order valence-corrected chi connectivity index (χ0v) is 11.5. The molecule has 1 atom stereocenters. The highest BCUT2D eigenvalue weighted by Gasteiger charge is 2.25. The monoisotopic (exact) mass is 290 g/mol. The molecule has 0 spiro atoms. The number of nitrogens with zero attached hydrogens (tertiary/aromatic N) is 1. The maximum absolute atomic E-state index is 12.2. The van der Waals surface area contributed by atoms with Gasteiger partial charge in [-0.15, -0.1) is 0 Å². The van der Waals surface area contributed by atoms with E-state index in [-0.39, 0.29) is 24.1 Å². The predicted molar refractivity (Wildman–Crippen MR) is 67.0 cm³/mol. The molecular weight excluding hydrogens is 272 g/mol. The average molecular weight is 290 g/mol. The highest BCUT2D eigenvalue weighted by atomic mass is 32.2. The second-order valence-electron chi connectivity index (χ2n) is 4.25. The third-order valence-electron chi connectivity index (χ3n) is 2.81. The molecule has 0 aromatic carbocycles. The minimum Gasteiger partial charge on any atom is -0.376 e. The number of ether oxygens (including phenoxy) is 2. The van der Waals surface area contributed by atoms with Crippen LogP contribution in [0.25, 0.3) is 0 Å². The van der Waals surface area contributed by atoms with Crippen molar-refractivity contribution in [1.82, 2.24) is 14.9 Å². The van der Waals surface area contributed by atoms with E-state index >= 15 is 0 Å². The van der Waals surface area contributed by atoms with Crippen molar-refractivity contribution in [3.05, 3.63) is 11.4 Å². The number of aromatic nitrogens is 2. The van der Waals surface area contributed by atoms with E-state index in [0.29, 0.717) is 31.2 Å². The second kappa shape index (κ2) is 5.97. The third-order valence-corrected chi connectivity index (χ3v) is 4.44. The summed E-state index contributed by atoms with van der Waals surface area (Å²) in [6, 6.07) is 0. The Kier molecular flexibility index (Phi) is 4.53. The van der Waals surface area contributed by atoms with Gasteiger partial charge in [-0.05, 0) is 6.92 Å². The van der Waals surface area contributed by atoms with Gasteiger partial charge in [-0.2, -0.15) is 5.10 Å². The lowest BCUT2D eigenvalue weighted by Crippen LogP contribution is -2.40. The van der Waals surface area contributed by atoms with E-state index in [0.717, 1.165) is 0 Å². The molecule has 2 heterocycles. The zero-order chi connectivity index (χ0) is 13.9. The summed E-state index contributed by atoms with van der Waals surface area (Å²) in [5.41, 5.74) is 6.27. The van der Waals surface area contributed by atoms with Crippen molar-refractivity contribution >= 4 is 10.0 Å². The minimum absolute atomic E-state index is 0.0591. The van der Waals surface area contributed by atoms with E-state index in [4.69, 9.17) is 15.2 Å². The van der Waals surface area contributed by atoms with Crippen LogP contribution in [0, 0.1) is 6.92 Å². The molecule has 0 radical (unpaired) electrons. The summed E-state index contributed by atoms with van der Waals surface area (Å²) in [6.07, 6.45) is -0.267. The van der Waals surface area contributed by atoms with Gasteiger partial charge < -0.3 is 15.2 Å². The van der Waals surface area contributed by atoms with Gasteiger partial charge in [0.05, 0.1) is 37.3 Å². The fraction of sp³-hybridized carbons (Fsp3) is 0.700. The van der Waals surface area contributed by atoms with Crippen LogP contribution in [0.4, 0.5) is 0 Å². The van der Waals surface area contributed by atoms with Gasteiger partial charge in [-0.25, -0.2) is 13.1 Å². The lowest BCUT2D eigenvalue weighted by Gasteiger charge is -2.23. The fourth-order valence-electron chi connectivity index (χ4n) is 1.89. The molecule has 2 rings (SSSR count). The van der Waals surface area contributed by atoms with Gasteiger partial charge in [-0.1, -0.05) is 0 Å². The number of nitrogens with two attached hydrogens (primary N) is 1. The maximum atomic E-state index is 12.2. The van der Waals surface area contributed by atoms with Crippen LogP contribution in [0.2, 0.25) is 0 Å². The Balaban J connectivity index is 2.07. The summed E-state index contributed by atoms with van der Waals surface area (Å²) in [6.45, 7) is 3.27. The maximum Gasteiger partial charge on any atom is 0.244 e. The highest BCUT2D eigenvalue weighted by molar-refractivity contribution is 7.89. The zero-order valence-electron chi connectivity index (χ0n) is 10.7. The number of hydrogen-bond donors (Lipinski definition) is 3. The quantitative estimate of drug-likeness (QED) is 0.631. The van der Waals surface area contributed by atoms with Gasteiger partial charge in [-0.3, -0.25) is 5.10 Å². The number of H-pyrrole nitrogens is 1. The number of hydrogen-bond acceptors (Lipinski definition) is 6. The molecule has 1 aliphatic rings. The molecule has 19 heavy (non-hydrogen) atoms. The number of aromatic amines is 1. The van der Waals surface area contributed by atoms with Crippen molar-refractivity contribution in [1.29, 1.82) is 0 Å². The Bertz CT molecular complexity index is 522. The Morgan fingerprint density at radius 1 is 1.53 bits per heavy atom. The van der Waals surface area contributed by atoms with Gasteiger partial charge in [0.2, 0.25) is 10.0 Å². The van der Waals surface area contributed by atoms with Crippen LogP contribution >= 0.6 is 0 Å². The molecule has 0 aliphatic carbocycles. The van der Waals surface area contributed by atoms with E-state index in [2.05, 4.69) is 14.9 Å². The molecule has 1 aromatic rings. The number of rotatable bonds is 5. The molecule has 1 saturated heterocycles. The lowest BCUT2D eigenvalue weighted by molar-refractivity contribution is -0.0846. The highest BCUT2D eigenvalue weighted by Crippen LogP contribution is 2.17. The lowest BCUT2D eigenvalue weighted by atomic mass is 10.3. The summed E-state index contributed by atoms with van der Waals surface area (Å²) >= 11 is 0. The van der Waals surface area contributed by atoms with Crippen LogP contribution in [0.1, 0.15) is 11.4 Å². The predicted octanol–water partition coefficient (Wildman–Crippen LogP) is -1.13. The van der Waals surface area contributed by atoms with Crippen LogP contribution < -0.4 is 10.5 Å². The summed E-state index contributed by atoms with van der Waals surface area (Å²) in [4.78, 5) is 0.117. The van der Waals surface area contributed by atoms with Crippen molar-refractivity contribution in [3.63, 3.8) is 0 Å². The van der Waals surface area contributed by atoms with Crippen molar-refractivity contribution in [2.45, 2.75) is 24.5 Å². The number of sulfonamides is 1. The van der Waals surface area contributed by atoms with Gasteiger partial charge in [0.1, 0.15) is 4.90 Å². The van der Waals surface area contributed by atoms with E-state index < -0.39 is 10.0 Å². The van der Waals surface area contributed by atoms with E-state index in [1.54, 1.807) is 6.92 Å². The first kappa shape index (κ1) is 14.4. The van der Waals surface area contributed by atoms with E-state index in [1.807, 2.05) is 0 Å². The molecule has 8 nitrogen and oxygen atoms in total. The van der Waals surface area contributed by atoms with Crippen LogP contribution in [-0.4, -0.2) is 51.1 Å². The first-order chi connectivity index (χ1) is 9.04. The van der Waals surface area contributed by atoms with Crippen molar-refractivity contribution in [2.24, 2.45) is 5.73 Å². The minimum atomic E-state index is -3.65. The van der Waals surface area contributed by atoms with E-state index in [9.17, 15) is 8.42 Å². The summed E-state index contributed by atoms with van der Waals surface area (Å²) in [5, 5.41) is 6.50. The molecule has 0 bridgehead atoms. The van der Waals surface area contributed by atoms with Gasteiger partial charge in [0, 0.05) is 13.1 Å². The SMILES string of the molecule is Cc1[nH]nc(CN)c1S(=O)(=O)NCC1COCCO1. The molecule has 1 unspecified atom stereocenters. The standard InChI is InChI=1S/C10H18N4O4S/c1-7-10(9(4-11)14-13-7)19(15,16)12-5-8-6-17-2-3-18-8/h8,12H,2-6,11H2,1H3,(H,13,14).